The Morgan fingerprint density at radius 3 is 2.53 bits per heavy atom. The van der Waals surface area contributed by atoms with Crippen LogP contribution in [0.25, 0.3) is 10.8 Å². The van der Waals surface area contributed by atoms with E-state index in [0.29, 0.717) is 48.3 Å². The van der Waals surface area contributed by atoms with E-state index in [2.05, 4.69) is 4.98 Å². The van der Waals surface area contributed by atoms with E-state index in [-0.39, 0.29) is 5.56 Å². The first-order valence-corrected chi connectivity index (χ1v) is 10.7. The van der Waals surface area contributed by atoms with Gasteiger partial charge in [0, 0.05) is 17.6 Å². The molecular formula is C24H26ClFN2O2. The Labute approximate surface area is 180 Å². The molecule has 1 saturated carbocycles. The van der Waals surface area contributed by atoms with Crippen LogP contribution in [0.15, 0.2) is 59.5 Å². The van der Waals surface area contributed by atoms with Gasteiger partial charge in [0.1, 0.15) is 17.0 Å². The van der Waals surface area contributed by atoms with Crippen LogP contribution in [0, 0.1) is 0 Å². The Morgan fingerprint density at radius 1 is 1.17 bits per heavy atom. The molecule has 1 aliphatic carbocycles. The number of nitrogens with two attached hydrogens (primary N) is 1. The van der Waals surface area contributed by atoms with Crippen molar-refractivity contribution in [3.63, 3.8) is 0 Å². The number of H-pyrrole nitrogens is 1. The topological polar surface area (TPSA) is 68.1 Å². The minimum absolute atomic E-state index is 0.202. The molecule has 0 unspecified atom stereocenters. The SMILES string of the molecule is CC[C@@H](N)C1(F)CCC(Oc2cc3cc[nH]c(=O)c3cc2Cl)(c2ccccc2)CC1. The molecule has 0 saturated heterocycles. The summed E-state index contributed by atoms with van der Waals surface area (Å²) in [6.07, 6.45) is 3.82. The lowest BCUT2D eigenvalue weighted by molar-refractivity contribution is -0.0410. The number of aromatic nitrogens is 1. The van der Waals surface area contributed by atoms with Gasteiger partial charge in [-0.2, -0.15) is 0 Å². The number of aromatic amines is 1. The smallest absolute Gasteiger partial charge is 0.255 e. The van der Waals surface area contributed by atoms with Crippen molar-refractivity contribution >= 4 is 22.4 Å². The van der Waals surface area contributed by atoms with Gasteiger partial charge in [-0.25, -0.2) is 4.39 Å². The van der Waals surface area contributed by atoms with Crippen molar-refractivity contribution in [2.75, 3.05) is 0 Å². The molecule has 6 heteroatoms. The Bertz CT molecular complexity index is 1090. The molecule has 1 heterocycles. The van der Waals surface area contributed by atoms with Gasteiger partial charge in [-0.3, -0.25) is 4.79 Å². The van der Waals surface area contributed by atoms with Crippen LogP contribution in [0.2, 0.25) is 5.02 Å². The minimum atomic E-state index is -1.39. The van der Waals surface area contributed by atoms with E-state index in [9.17, 15) is 4.79 Å². The summed E-state index contributed by atoms with van der Waals surface area (Å²) in [5.41, 5.74) is 4.78. The van der Waals surface area contributed by atoms with Crippen LogP contribution in [-0.4, -0.2) is 16.7 Å². The van der Waals surface area contributed by atoms with Gasteiger partial charge in [-0.05, 0) is 61.3 Å². The largest absolute Gasteiger partial charge is 0.481 e. The molecule has 3 aromatic rings. The number of rotatable bonds is 5. The molecule has 1 aliphatic rings. The van der Waals surface area contributed by atoms with E-state index in [1.807, 2.05) is 43.3 Å². The first kappa shape index (κ1) is 20.9. The summed E-state index contributed by atoms with van der Waals surface area (Å²) in [4.78, 5) is 14.7. The molecule has 0 amide bonds. The van der Waals surface area contributed by atoms with E-state index in [1.165, 1.54) is 0 Å². The standard InChI is InChI=1S/C24H26ClFN2O2/c1-2-21(27)23(26)9-11-24(12-10-23,17-6-4-3-5-7-17)30-20-14-16-8-13-28-22(29)18(16)15-19(20)25/h3-8,13-15,21H,2,9-12,27H2,1H3,(H,28,29)/t21-,23?,24?/m1/s1. The molecule has 1 atom stereocenters. The molecule has 3 N–H and O–H groups in total. The highest BCUT2D eigenvalue weighted by Gasteiger charge is 2.48. The molecule has 30 heavy (non-hydrogen) atoms. The van der Waals surface area contributed by atoms with E-state index >= 15 is 4.39 Å². The number of benzene rings is 2. The Morgan fingerprint density at radius 2 is 1.87 bits per heavy atom. The Balaban J connectivity index is 1.73. The van der Waals surface area contributed by atoms with Crippen molar-refractivity contribution in [2.24, 2.45) is 5.73 Å². The zero-order valence-electron chi connectivity index (χ0n) is 17.0. The molecule has 1 aromatic heterocycles. The first-order valence-electron chi connectivity index (χ1n) is 10.4. The average molecular weight is 429 g/mol. The van der Waals surface area contributed by atoms with Gasteiger partial charge in [0.15, 0.2) is 0 Å². The summed E-state index contributed by atoms with van der Waals surface area (Å²) in [5.74, 6) is 0.491. The number of fused-ring (bicyclic) bond motifs is 1. The molecule has 0 aliphatic heterocycles. The normalized spacial score (nSPS) is 25.2. The second-order valence-corrected chi connectivity index (χ2v) is 8.60. The first-order chi connectivity index (χ1) is 14.4. The van der Waals surface area contributed by atoms with Crippen LogP contribution in [-0.2, 0) is 5.60 Å². The third-order valence-electron chi connectivity index (χ3n) is 6.42. The van der Waals surface area contributed by atoms with Crippen molar-refractivity contribution in [1.82, 2.24) is 4.98 Å². The van der Waals surface area contributed by atoms with Crippen LogP contribution < -0.4 is 16.0 Å². The molecule has 4 rings (SSSR count). The van der Waals surface area contributed by atoms with Crippen molar-refractivity contribution < 1.29 is 9.13 Å². The summed E-state index contributed by atoms with van der Waals surface area (Å²) in [6, 6.07) is 14.6. The van der Waals surface area contributed by atoms with Gasteiger partial charge in [0.05, 0.1) is 5.02 Å². The summed E-state index contributed by atoms with van der Waals surface area (Å²) < 4.78 is 22.0. The lowest BCUT2D eigenvalue weighted by Gasteiger charge is -2.45. The maximum Gasteiger partial charge on any atom is 0.255 e. The number of hydrogen-bond acceptors (Lipinski definition) is 3. The van der Waals surface area contributed by atoms with Crippen molar-refractivity contribution in [2.45, 2.75) is 56.3 Å². The fourth-order valence-corrected chi connectivity index (χ4v) is 4.68. The van der Waals surface area contributed by atoms with Crippen LogP contribution in [0.4, 0.5) is 4.39 Å². The summed E-state index contributed by atoms with van der Waals surface area (Å²) in [7, 11) is 0. The molecule has 158 valence electrons. The maximum absolute atomic E-state index is 15.5. The molecule has 0 spiro atoms. The fourth-order valence-electron chi connectivity index (χ4n) is 4.47. The number of ether oxygens (including phenoxy) is 1. The summed E-state index contributed by atoms with van der Waals surface area (Å²) in [6.45, 7) is 1.91. The van der Waals surface area contributed by atoms with E-state index in [1.54, 1.807) is 18.3 Å². The fraction of sp³-hybridized carbons (Fsp3) is 0.375. The second-order valence-electron chi connectivity index (χ2n) is 8.19. The number of nitrogens with one attached hydrogen (secondary N) is 1. The number of pyridine rings is 1. The predicted octanol–water partition coefficient (Wildman–Crippen LogP) is 5.48. The number of hydrogen-bond donors (Lipinski definition) is 2. The molecule has 0 bridgehead atoms. The van der Waals surface area contributed by atoms with Gasteiger partial charge >= 0.3 is 0 Å². The van der Waals surface area contributed by atoms with E-state index in [0.717, 1.165) is 10.9 Å². The second kappa shape index (κ2) is 8.05. The van der Waals surface area contributed by atoms with Crippen molar-refractivity contribution in [1.29, 1.82) is 0 Å². The Hall–Kier alpha value is -2.37. The highest BCUT2D eigenvalue weighted by molar-refractivity contribution is 6.32. The van der Waals surface area contributed by atoms with Crippen LogP contribution in [0.5, 0.6) is 5.75 Å². The lowest BCUT2D eigenvalue weighted by Crippen LogP contribution is -2.51. The third-order valence-corrected chi connectivity index (χ3v) is 6.72. The Kier molecular flexibility index (Phi) is 5.60. The highest BCUT2D eigenvalue weighted by Crippen LogP contribution is 2.48. The zero-order chi connectivity index (χ0) is 21.4. The van der Waals surface area contributed by atoms with Gasteiger partial charge in [0.25, 0.3) is 5.56 Å². The van der Waals surface area contributed by atoms with Crippen molar-refractivity contribution in [3.05, 3.63) is 75.7 Å². The zero-order valence-corrected chi connectivity index (χ0v) is 17.7. The minimum Gasteiger partial charge on any atom is -0.481 e. The summed E-state index contributed by atoms with van der Waals surface area (Å²) in [5, 5.41) is 1.60. The van der Waals surface area contributed by atoms with Gasteiger partial charge in [-0.15, -0.1) is 0 Å². The quantitative estimate of drug-likeness (QED) is 0.565. The van der Waals surface area contributed by atoms with E-state index < -0.39 is 17.3 Å². The van der Waals surface area contributed by atoms with Gasteiger partial charge in [-0.1, -0.05) is 48.9 Å². The van der Waals surface area contributed by atoms with Crippen LogP contribution >= 0.6 is 11.6 Å². The lowest BCUT2D eigenvalue weighted by atomic mass is 9.71. The molecule has 0 radical (unpaired) electrons. The highest BCUT2D eigenvalue weighted by atomic mass is 35.5. The maximum atomic E-state index is 15.5. The summed E-state index contributed by atoms with van der Waals surface area (Å²) >= 11 is 6.50. The van der Waals surface area contributed by atoms with Gasteiger partial charge < -0.3 is 15.5 Å². The van der Waals surface area contributed by atoms with Crippen LogP contribution in [0.1, 0.15) is 44.6 Å². The average Bonchev–Trinajstić information content (AvgIpc) is 2.77. The monoisotopic (exact) mass is 428 g/mol. The molecular weight excluding hydrogens is 403 g/mol. The van der Waals surface area contributed by atoms with Crippen molar-refractivity contribution in [3.8, 4) is 5.75 Å². The van der Waals surface area contributed by atoms with E-state index in [4.69, 9.17) is 22.1 Å². The number of halogens is 2. The third kappa shape index (κ3) is 3.72. The number of alkyl halides is 1. The molecule has 4 nitrogen and oxygen atoms in total. The predicted molar refractivity (Wildman–Crippen MR) is 119 cm³/mol. The molecule has 1 fully saturated rings. The van der Waals surface area contributed by atoms with Crippen LogP contribution in [0.3, 0.4) is 0 Å². The molecule has 2 aromatic carbocycles. The van der Waals surface area contributed by atoms with Gasteiger partial charge in [0.2, 0.25) is 0 Å².